The van der Waals surface area contributed by atoms with Crippen molar-refractivity contribution in [2.75, 3.05) is 19.0 Å². The molecule has 0 saturated carbocycles. The van der Waals surface area contributed by atoms with Gasteiger partial charge >= 0.3 is 5.76 Å². The average Bonchev–Trinajstić information content (AvgIpc) is 2.85. The van der Waals surface area contributed by atoms with Gasteiger partial charge in [0.25, 0.3) is 0 Å². The molecule has 106 valence electrons. The number of nitrogens with one attached hydrogen (secondary N) is 1. The number of fused-ring (bicyclic) bond motifs is 1. The van der Waals surface area contributed by atoms with E-state index in [4.69, 9.17) is 4.42 Å². The lowest BCUT2D eigenvalue weighted by molar-refractivity contribution is 0.103. The van der Waals surface area contributed by atoms with Crippen molar-refractivity contribution >= 4 is 22.6 Å². The summed E-state index contributed by atoms with van der Waals surface area (Å²) in [6, 6.07) is 12.3. The van der Waals surface area contributed by atoms with Crippen molar-refractivity contribution in [1.82, 2.24) is 4.98 Å². The standard InChI is InChI=1S/C16H14N2O3/c1-18(2)12-5-3-4-10(8-12)15(19)11-6-7-13-14(9-11)21-16(20)17-13/h3-9H,1-2H3,(H,17,20). The van der Waals surface area contributed by atoms with Gasteiger partial charge in [0.2, 0.25) is 0 Å². The Morgan fingerprint density at radius 2 is 1.86 bits per heavy atom. The monoisotopic (exact) mass is 282 g/mol. The van der Waals surface area contributed by atoms with Gasteiger partial charge in [-0.05, 0) is 30.3 Å². The lowest BCUT2D eigenvalue weighted by Gasteiger charge is -2.13. The third kappa shape index (κ3) is 2.45. The minimum atomic E-state index is -0.524. The minimum absolute atomic E-state index is 0.107. The average molecular weight is 282 g/mol. The van der Waals surface area contributed by atoms with E-state index >= 15 is 0 Å². The molecular weight excluding hydrogens is 268 g/mol. The molecule has 0 aliphatic carbocycles. The van der Waals surface area contributed by atoms with Crippen LogP contribution in [0.2, 0.25) is 0 Å². The molecule has 0 amide bonds. The molecule has 0 aliphatic rings. The van der Waals surface area contributed by atoms with Crippen molar-refractivity contribution in [3.63, 3.8) is 0 Å². The zero-order chi connectivity index (χ0) is 15.0. The topological polar surface area (TPSA) is 66.3 Å². The van der Waals surface area contributed by atoms with E-state index in [1.165, 1.54) is 0 Å². The van der Waals surface area contributed by atoms with E-state index in [0.29, 0.717) is 22.2 Å². The molecule has 1 aromatic heterocycles. The minimum Gasteiger partial charge on any atom is -0.408 e. The quantitative estimate of drug-likeness (QED) is 0.749. The highest BCUT2D eigenvalue weighted by molar-refractivity contribution is 6.10. The second kappa shape index (κ2) is 4.94. The van der Waals surface area contributed by atoms with Crippen LogP contribution in [0.5, 0.6) is 0 Å². The number of rotatable bonds is 3. The van der Waals surface area contributed by atoms with Crippen molar-refractivity contribution in [3.8, 4) is 0 Å². The summed E-state index contributed by atoms with van der Waals surface area (Å²) >= 11 is 0. The summed E-state index contributed by atoms with van der Waals surface area (Å²) < 4.78 is 4.98. The molecule has 21 heavy (non-hydrogen) atoms. The van der Waals surface area contributed by atoms with Gasteiger partial charge < -0.3 is 9.32 Å². The van der Waals surface area contributed by atoms with E-state index in [-0.39, 0.29) is 5.78 Å². The maximum Gasteiger partial charge on any atom is 0.417 e. The number of nitrogens with zero attached hydrogens (tertiary/aromatic N) is 1. The van der Waals surface area contributed by atoms with Crippen molar-refractivity contribution in [1.29, 1.82) is 0 Å². The highest BCUT2D eigenvalue weighted by atomic mass is 16.4. The van der Waals surface area contributed by atoms with Crippen LogP contribution in [0.1, 0.15) is 15.9 Å². The fourth-order valence-electron chi connectivity index (χ4n) is 2.18. The Labute approximate surface area is 120 Å². The largest absolute Gasteiger partial charge is 0.417 e. The Morgan fingerprint density at radius 3 is 2.62 bits per heavy atom. The molecule has 2 aromatic carbocycles. The van der Waals surface area contributed by atoms with Crippen molar-refractivity contribution in [3.05, 3.63) is 64.1 Å². The van der Waals surface area contributed by atoms with Crippen LogP contribution in [0.4, 0.5) is 5.69 Å². The van der Waals surface area contributed by atoms with Gasteiger partial charge in [0.1, 0.15) is 0 Å². The van der Waals surface area contributed by atoms with Gasteiger partial charge in [0, 0.05) is 30.9 Å². The molecule has 1 N–H and O–H groups in total. The molecule has 0 atom stereocenters. The molecule has 0 aliphatic heterocycles. The summed E-state index contributed by atoms with van der Waals surface area (Å²) in [5.41, 5.74) is 3.00. The van der Waals surface area contributed by atoms with Gasteiger partial charge in [-0.15, -0.1) is 0 Å². The first kappa shape index (κ1) is 13.2. The summed E-state index contributed by atoms with van der Waals surface area (Å²) in [5, 5.41) is 0. The number of hydrogen-bond acceptors (Lipinski definition) is 4. The van der Waals surface area contributed by atoms with Crippen LogP contribution in [-0.2, 0) is 0 Å². The highest BCUT2D eigenvalue weighted by Crippen LogP contribution is 2.19. The Hall–Kier alpha value is -2.82. The third-order valence-electron chi connectivity index (χ3n) is 3.31. The van der Waals surface area contributed by atoms with E-state index in [1.54, 1.807) is 24.3 Å². The Balaban J connectivity index is 2.03. The van der Waals surface area contributed by atoms with Crippen LogP contribution in [0.15, 0.2) is 51.7 Å². The first-order valence-corrected chi connectivity index (χ1v) is 6.49. The Kier molecular flexibility index (Phi) is 3.10. The fraction of sp³-hybridized carbons (Fsp3) is 0.125. The number of aromatic amines is 1. The second-order valence-corrected chi connectivity index (χ2v) is 5.00. The molecule has 5 nitrogen and oxygen atoms in total. The highest BCUT2D eigenvalue weighted by Gasteiger charge is 2.12. The van der Waals surface area contributed by atoms with Crippen LogP contribution in [0.25, 0.3) is 11.1 Å². The van der Waals surface area contributed by atoms with Gasteiger partial charge in [-0.3, -0.25) is 9.78 Å². The Bertz CT molecular complexity index is 874. The summed E-state index contributed by atoms with van der Waals surface area (Å²) in [4.78, 5) is 28.2. The van der Waals surface area contributed by atoms with E-state index in [9.17, 15) is 9.59 Å². The predicted octanol–water partition coefficient (Wildman–Crippen LogP) is 2.42. The molecule has 0 spiro atoms. The molecule has 0 fully saturated rings. The zero-order valence-electron chi connectivity index (χ0n) is 11.7. The van der Waals surface area contributed by atoms with Gasteiger partial charge in [0.05, 0.1) is 5.52 Å². The van der Waals surface area contributed by atoms with Crippen molar-refractivity contribution in [2.45, 2.75) is 0 Å². The summed E-state index contributed by atoms with van der Waals surface area (Å²) in [7, 11) is 3.84. The number of benzene rings is 2. The van der Waals surface area contributed by atoms with Crippen LogP contribution in [0.3, 0.4) is 0 Å². The lowest BCUT2D eigenvalue weighted by Crippen LogP contribution is -2.10. The number of carbonyl (C=O) groups is 1. The number of carbonyl (C=O) groups excluding carboxylic acids is 1. The smallest absolute Gasteiger partial charge is 0.408 e. The molecule has 0 bridgehead atoms. The maximum atomic E-state index is 12.5. The first-order valence-electron chi connectivity index (χ1n) is 6.49. The number of H-pyrrole nitrogens is 1. The third-order valence-corrected chi connectivity index (χ3v) is 3.31. The van der Waals surface area contributed by atoms with Gasteiger partial charge in [-0.2, -0.15) is 0 Å². The van der Waals surface area contributed by atoms with Crippen LogP contribution in [0, 0.1) is 0 Å². The van der Waals surface area contributed by atoms with Crippen LogP contribution >= 0.6 is 0 Å². The molecule has 5 heteroatoms. The zero-order valence-corrected chi connectivity index (χ0v) is 11.7. The SMILES string of the molecule is CN(C)c1cccc(C(=O)c2ccc3[nH]c(=O)oc3c2)c1. The normalized spacial score (nSPS) is 10.8. The van der Waals surface area contributed by atoms with Gasteiger partial charge in [-0.1, -0.05) is 12.1 Å². The molecule has 0 unspecified atom stereocenters. The number of anilines is 1. The van der Waals surface area contributed by atoms with Gasteiger partial charge in [0.15, 0.2) is 11.4 Å². The molecule has 3 rings (SSSR count). The second-order valence-electron chi connectivity index (χ2n) is 5.00. The first-order chi connectivity index (χ1) is 10.0. The molecule has 0 saturated heterocycles. The van der Waals surface area contributed by atoms with Crippen LogP contribution < -0.4 is 10.7 Å². The summed E-state index contributed by atoms with van der Waals surface area (Å²) in [6.07, 6.45) is 0. The molecular formula is C16H14N2O3. The lowest BCUT2D eigenvalue weighted by atomic mass is 10.0. The van der Waals surface area contributed by atoms with E-state index in [1.807, 2.05) is 37.2 Å². The van der Waals surface area contributed by atoms with E-state index in [0.717, 1.165) is 5.69 Å². The Morgan fingerprint density at radius 1 is 1.10 bits per heavy atom. The van der Waals surface area contributed by atoms with E-state index in [2.05, 4.69) is 4.98 Å². The molecule has 1 heterocycles. The van der Waals surface area contributed by atoms with Crippen molar-refractivity contribution in [2.24, 2.45) is 0 Å². The predicted molar refractivity (Wildman–Crippen MR) is 81.0 cm³/mol. The van der Waals surface area contributed by atoms with Crippen molar-refractivity contribution < 1.29 is 9.21 Å². The summed E-state index contributed by atoms with van der Waals surface area (Å²) in [5.74, 6) is -0.631. The number of ketones is 1. The fourth-order valence-corrected chi connectivity index (χ4v) is 2.18. The summed E-state index contributed by atoms with van der Waals surface area (Å²) in [6.45, 7) is 0. The molecule has 3 aromatic rings. The number of hydrogen-bond donors (Lipinski definition) is 1. The van der Waals surface area contributed by atoms with E-state index < -0.39 is 5.76 Å². The maximum absolute atomic E-state index is 12.5. The van der Waals surface area contributed by atoms with Gasteiger partial charge in [-0.25, -0.2) is 4.79 Å². The van der Waals surface area contributed by atoms with Crippen LogP contribution in [-0.4, -0.2) is 24.9 Å². The molecule has 0 radical (unpaired) electrons. The number of aromatic nitrogens is 1. The number of oxazole rings is 1.